The van der Waals surface area contributed by atoms with E-state index in [-0.39, 0.29) is 23.7 Å². The molecule has 3 rings (SSSR count). The molecular weight excluding hydrogens is 324 g/mol. The Bertz CT molecular complexity index is 646. The van der Waals surface area contributed by atoms with Gasteiger partial charge in [-0.3, -0.25) is 4.79 Å². The molecule has 0 bridgehead atoms. The van der Waals surface area contributed by atoms with Crippen molar-refractivity contribution in [2.24, 2.45) is 0 Å². The average molecular weight is 342 g/mol. The Labute approximate surface area is 136 Å². The van der Waals surface area contributed by atoms with Gasteiger partial charge >= 0.3 is 0 Å². The standard InChI is InChI=1S/C15H18O9/c1-5-11(18)13(20)14(21)15(23-5)24-9-4-22-8-3-6(16)2-7(17)10(8)12(9)19/h2-3,5,9,11,13-18,20-21H,4H2,1H3/t5-,9-,11-,13+,14+,15-/m0/s1. The van der Waals surface area contributed by atoms with E-state index in [4.69, 9.17) is 14.2 Å². The predicted molar refractivity (Wildman–Crippen MR) is 76.8 cm³/mol. The minimum atomic E-state index is -1.56. The molecule has 0 aromatic heterocycles. The van der Waals surface area contributed by atoms with Crippen LogP contribution in [0.1, 0.15) is 17.3 Å². The molecule has 9 nitrogen and oxygen atoms in total. The number of carbonyl (C=O) groups excluding carboxylic acids is 1. The molecule has 2 aliphatic rings. The Morgan fingerprint density at radius 2 is 1.83 bits per heavy atom. The van der Waals surface area contributed by atoms with Gasteiger partial charge in [-0.2, -0.15) is 0 Å². The number of aliphatic hydroxyl groups is 3. The maximum absolute atomic E-state index is 12.5. The zero-order valence-corrected chi connectivity index (χ0v) is 12.7. The van der Waals surface area contributed by atoms with Gasteiger partial charge in [0, 0.05) is 12.1 Å². The highest BCUT2D eigenvalue weighted by molar-refractivity contribution is 6.05. The quantitative estimate of drug-likeness (QED) is 0.451. The fraction of sp³-hybridized carbons (Fsp3) is 0.533. The van der Waals surface area contributed by atoms with Gasteiger partial charge < -0.3 is 39.7 Å². The number of aliphatic hydroxyl groups excluding tert-OH is 3. The summed E-state index contributed by atoms with van der Waals surface area (Å²) in [6.07, 6.45) is -7.69. The van der Waals surface area contributed by atoms with E-state index in [1.54, 1.807) is 0 Å². The molecule has 132 valence electrons. The summed E-state index contributed by atoms with van der Waals surface area (Å²) in [5, 5.41) is 48.6. The van der Waals surface area contributed by atoms with Crippen molar-refractivity contribution in [2.45, 2.75) is 43.7 Å². The zero-order valence-electron chi connectivity index (χ0n) is 12.7. The number of phenolic OH excluding ortho intramolecular Hbond substituents is 2. The second-order valence-electron chi connectivity index (χ2n) is 5.82. The highest BCUT2D eigenvalue weighted by Crippen LogP contribution is 2.37. The molecule has 1 fully saturated rings. The second-order valence-corrected chi connectivity index (χ2v) is 5.82. The molecule has 0 radical (unpaired) electrons. The minimum Gasteiger partial charge on any atom is -0.508 e. The molecule has 0 saturated carbocycles. The van der Waals surface area contributed by atoms with Crippen LogP contribution in [0, 0.1) is 0 Å². The van der Waals surface area contributed by atoms with Gasteiger partial charge in [0.05, 0.1) is 6.10 Å². The van der Waals surface area contributed by atoms with Crippen LogP contribution in [0.15, 0.2) is 12.1 Å². The number of benzene rings is 1. The summed E-state index contributed by atoms with van der Waals surface area (Å²) in [5.41, 5.74) is -0.150. The van der Waals surface area contributed by atoms with Gasteiger partial charge in [-0.1, -0.05) is 0 Å². The summed E-state index contributed by atoms with van der Waals surface area (Å²) in [6, 6.07) is 2.19. The molecule has 9 heteroatoms. The first-order valence-electron chi connectivity index (χ1n) is 7.37. The summed E-state index contributed by atoms with van der Waals surface area (Å²) in [4.78, 5) is 12.5. The molecule has 2 heterocycles. The van der Waals surface area contributed by atoms with E-state index < -0.39 is 48.3 Å². The van der Waals surface area contributed by atoms with Gasteiger partial charge in [0.2, 0.25) is 5.78 Å². The Morgan fingerprint density at radius 1 is 1.12 bits per heavy atom. The smallest absolute Gasteiger partial charge is 0.202 e. The van der Waals surface area contributed by atoms with Crippen LogP contribution < -0.4 is 4.74 Å². The Kier molecular flexibility index (Phi) is 4.37. The van der Waals surface area contributed by atoms with Crippen LogP contribution in [0.5, 0.6) is 17.2 Å². The third kappa shape index (κ3) is 2.80. The monoisotopic (exact) mass is 342 g/mol. The maximum Gasteiger partial charge on any atom is 0.202 e. The number of fused-ring (bicyclic) bond motifs is 1. The van der Waals surface area contributed by atoms with Crippen LogP contribution in [-0.4, -0.2) is 74.7 Å². The Hall–Kier alpha value is -1.91. The molecule has 6 atom stereocenters. The van der Waals surface area contributed by atoms with E-state index in [2.05, 4.69) is 0 Å². The van der Waals surface area contributed by atoms with Crippen molar-refractivity contribution in [1.29, 1.82) is 0 Å². The molecular formula is C15H18O9. The normalized spacial score (nSPS) is 36.1. The number of carbonyl (C=O) groups is 1. The summed E-state index contributed by atoms with van der Waals surface area (Å²) in [7, 11) is 0. The summed E-state index contributed by atoms with van der Waals surface area (Å²) < 4.78 is 16.0. The Morgan fingerprint density at radius 3 is 2.54 bits per heavy atom. The first-order valence-corrected chi connectivity index (χ1v) is 7.37. The molecule has 1 aromatic rings. The maximum atomic E-state index is 12.5. The molecule has 0 unspecified atom stereocenters. The third-order valence-corrected chi connectivity index (χ3v) is 4.10. The van der Waals surface area contributed by atoms with Crippen LogP contribution in [0.25, 0.3) is 0 Å². The van der Waals surface area contributed by atoms with Crippen LogP contribution in [0.2, 0.25) is 0 Å². The van der Waals surface area contributed by atoms with E-state index in [0.717, 1.165) is 6.07 Å². The molecule has 0 spiro atoms. The van der Waals surface area contributed by atoms with E-state index in [1.807, 2.05) is 0 Å². The van der Waals surface area contributed by atoms with Crippen LogP contribution >= 0.6 is 0 Å². The molecule has 24 heavy (non-hydrogen) atoms. The van der Waals surface area contributed by atoms with Gasteiger partial charge in [0.15, 0.2) is 12.4 Å². The van der Waals surface area contributed by atoms with Gasteiger partial charge in [0.1, 0.15) is 47.7 Å². The van der Waals surface area contributed by atoms with Crippen molar-refractivity contribution in [3.05, 3.63) is 17.7 Å². The van der Waals surface area contributed by atoms with Crippen molar-refractivity contribution in [1.82, 2.24) is 0 Å². The molecule has 1 aromatic carbocycles. The largest absolute Gasteiger partial charge is 0.508 e. The lowest BCUT2D eigenvalue weighted by Crippen LogP contribution is -2.58. The predicted octanol–water partition coefficient (Wildman–Crippen LogP) is -1.11. The topological polar surface area (TPSA) is 146 Å². The lowest BCUT2D eigenvalue weighted by Gasteiger charge is -2.40. The van der Waals surface area contributed by atoms with Gasteiger partial charge in [0.25, 0.3) is 0 Å². The molecule has 2 aliphatic heterocycles. The number of aromatic hydroxyl groups is 2. The van der Waals surface area contributed by atoms with Crippen molar-refractivity contribution in [3.8, 4) is 17.2 Å². The number of ketones is 1. The number of hydrogen-bond donors (Lipinski definition) is 5. The number of rotatable bonds is 2. The molecule has 5 N–H and O–H groups in total. The van der Waals surface area contributed by atoms with Crippen LogP contribution in [-0.2, 0) is 9.47 Å². The van der Waals surface area contributed by atoms with Gasteiger partial charge in [-0.05, 0) is 6.92 Å². The van der Waals surface area contributed by atoms with Crippen molar-refractivity contribution >= 4 is 5.78 Å². The number of hydrogen-bond acceptors (Lipinski definition) is 9. The SMILES string of the molecule is C[C@@H]1O[C@@H](O[C@H]2COc3cc(O)cc(O)c3C2=O)[C@H](O)[C@H](O)[C@H]1O. The number of phenols is 2. The fourth-order valence-corrected chi connectivity index (χ4v) is 2.74. The van der Waals surface area contributed by atoms with E-state index in [1.165, 1.54) is 13.0 Å². The molecule has 1 saturated heterocycles. The van der Waals surface area contributed by atoms with E-state index in [0.29, 0.717) is 0 Å². The fourth-order valence-electron chi connectivity index (χ4n) is 2.74. The van der Waals surface area contributed by atoms with Crippen molar-refractivity contribution in [2.75, 3.05) is 6.61 Å². The zero-order chi connectivity index (χ0) is 17.6. The van der Waals surface area contributed by atoms with Gasteiger partial charge in [-0.15, -0.1) is 0 Å². The van der Waals surface area contributed by atoms with E-state index >= 15 is 0 Å². The average Bonchev–Trinajstić information content (AvgIpc) is 2.52. The van der Waals surface area contributed by atoms with E-state index in [9.17, 15) is 30.3 Å². The molecule has 0 amide bonds. The highest BCUT2D eigenvalue weighted by Gasteiger charge is 2.45. The summed E-state index contributed by atoms with van der Waals surface area (Å²) in [6.45, 7) is 1.26. The first kappa shape index (κ1) is 16.9. The van der Waals surface area contributed by atoms with Crippen molar-refractivity contribution in [3.63, 3.8) is 0 Å². The van der Waals surface area contributed by atoms with Crippen LogP contribution in [0.3, 0.4) is 0 Å². The lowest BCUT2D eigenvalue weighted by molar-refractivity contribution is -0.300. The number of Topliss-reactive ketones (excluding diaryl/α,β-unsaturated/α-hetero) is 1. The summed E-state index contributed by atoms with van der Waals surface area (Å²) in [5.74, 6) is -1.31. The van der Waals surface area contributed by atoms with Crippen LogP contribution in [0.4, 0.5) is 0 Å². The first-order chi connectivity index (χ1) is 11.3. The third-order valence-electron chi connectivity index (χ3n) is 4.10. The lowest BCUT2D eigenvalue weighted by atomic mass is 9.99. The highest BCUT2D eigenvalue weighted by atomic mass is 16.7. The van der Waals surface area contributed by atoms with Crippen molar-refractivity contribution < 1.29 is 44.5 Å². The number of ether oxygens (including phenoxy) is 3. The Balaban J connectivity index is 1.78. The second kappa shape index (κ2) is 6.19. The van der Waals surface area contributed by atoms with Gasteiger partial charge in [-0.25, -0.2) is 0 Å². The molecule has 0 aliphatic carbocycles. The minimum absolute atomic E-state index is 0.0197. The summed E-state index contributed by atoms with van der Waals surface area (Å²) >= 11 is 0.